The van der Waals surface area contributed by atoms with E-state index in [4.69, 9.17) is 0 Å². The summed E-state index contributed by atoms with van der Waals surface area (Å²) in [7, 11) is 1.99. The zero-order chi connectivity index (χ0) is 12.3. The molecule has 1 aromatic carbocycles. The Morgan fingerprint density at radius 3 is 2.35 bits per heavy atom. The predicted molar refractivity (Wildman–Crippen MR) is 72.4 cm³/mol. The molecule has 1 heterocycles. The largest absolute Gasteiger partial charge is 0.507 e. The topological polar surface area (TPSA) is 24.1 Å². The summed E-state index contributed by atoms with van der Waals surface area (Å²) in [5.41, 5.74) is 2.19. The van der Waals surface area contributed by atoms with Crippen molar-refractivity contribution in [2.75, 3.05) is 0 Å². The van der Waals surface area contributed by atoms with Crippen molar-refractivity contribution in [1.82, 2.24) is 0 Å². The number of rotatable bonds is 2. The maximum atomic E-state index is 9.39. The van der Waals surface area contributed by atoms with Crippen molar-refractivity contribution >= 4 is 28.1 Å². The van der Waals surface area contributed by atoms with Crippen LogP contribution in [0.5, 0.6) is 5.75 Å². The first-order valence-electron chi connectivity index (χ1n) is 5.27. The fourth-order valence-electron chi connectivity index (χ4n) is 1.44. The number of benzene rings is 1. The van der Waals surface area contributed by atoms with E-state index in [0.717, 1.165) is 11.1 Å². The lowest BCUT2D eigenvalue weighted by Gasteiger charge is -1.98. The van der Waals surface area contributed by atoms with Crippen molar-refractivity contribution in [3.05, 3.63) is 58.3 Å². The van der Waals surface area contributed by atoms with Crippen molar-refractivity contribution in [2.45, 2.75) is 0 Å². The molecule has 0 fully saturated rings. The molecule has 0 radical (unpaired) electrons. The smallest absolute Gasteiger partial charge is 0.169 e. The molecule has 0 atom stereocenters. The molecule has 1 N–H and O–H groups in total. The zero-order valence-electron chi connectivity index (χ0n) is 9.47. The van der Waals surface area contributed by atoms with E-state index in [1.54, 1.807) is 6.07 Å². The van der Waals surface area contributed by atoms with Crippen LogP contribution in [0, 0.1) is 0 Å². The summed E-state index contributed by atoms with van der Waals surface area (Å²) in [6.45, 7) is 0. The molecule has 3 heteroatoms. The summed E-state index contributed by atoms with van der Waals surface area (Å²) in [4.78, 5) is 0. The highest BCUT2D eigenvalue weighted by molar-refractivity contribution is 9.10. The molecule has 0 aliphatic carbocycles. The molecule has 0 saturated carbocycles. The minimum atomic E-state index is 0.258. The van der Waals surface area contributed by atoms with E-state index in [9.17, 15) is 5.11 Å². The quantitative estimate of drug-likeness (QED) is 0.844. The zero-order valence-corrected chi connectivity index (χ0v) is 11.1. The average molecular weight is 291 g/mol. The molecular weight excluding hydrogens is 278 g/mol. The lowest BCUT2D eigenvalue weighted by Crippen LogP contribution is -2.25. The lowest BCUT2D eigenvalue weighted by molar-refractivity contribution is -0.671. The lowest BCUT2D eigenvalue weighted by atomic mass is 10.1. The second-order valence-electron chi connectivity index (χ2n) is 3.84. The third-order valence-corrected chi connectivity index (χ3v) is 3.08. The number of aryl methyl sites for hydroxylation is 1. The van der Waals surface area contributed by atoms with Gasteiger partial charge >= 0.3 is 0 Å². The number of aromatic hydroxyl groups is 1. The summed E-state index contributed by atoms with van der Waals surface area (Å²) < 4.78 is 2.70. The van der Waals surface area contributed by atoms with Crippen LogP contribution in [0.25, 0.3) is 12.2 Å². The Labute approximate surface area is 109 Å². The summed E-state index contributed by atoms with van der Waals surface area (Å²) >= 11 is 3.29. The molecule has 1 aromatic heterocycles. The van der Waals surface area contributed by atoms with Crippen molar-refractivity contribution in [3.63, 3.8) is 0 Å². The fraction of sp³-hybridized carbons (Fsp3) is 0.0714. The third-order valence-electron chi connectivity index (χ3n) is 2.44. The number of aromatic nitrogens is 1. The molecule has 0 bridgehead atoms. The number of pyridine rings is 1. The van der Waals surface area contributed by atoms with Crippen molar-refractivity contribution in [1.29, 1.82) is 0 Å². The number of hydrogen-bond donors (Lipinski definition) is 1. The molecule has 0 spiro atoms. The molecule has 0 aliphatic rings. The Balaban J connectivity index is 2.20. The number of phenols is 1. The van der Waals surface area contributed by atoms with Gasteiger partial charge in [-0.3, -0.25) is 0 Å². The molecule has 2 nitrogen and oxygen atoms in total. The molecule has 2 aromatic rings. The number of hydrogen-bond acceptors (Lipinski definition) is 1. The normalized spacial score (nSPS) is 10.9. The Hall–Kier alpha value is -1.61. The molecule has 0 saturated heterocycles. The summed E-state index contributed by atoms with van der Waals surface area (Å²) in [5, 5.41) is 9.39. The second-order valence-corrected chi connectivity index (χ2v) is 4.70. The van der Waals surface area contributed by atoms with Gasteiger partial charge in [-0.05, 0) is 39.2 Å². The van der Waals surface area contributed by atoms with Gasteiger partial charge in [0.05, 0.1) is 4.47 Å². The number of nitrogens with zero attached hydrogens (tertiary/aromatic N) is 1. The summed E-state index contributed by atoms with van der Waals surface area (Å²) in [6.07, 6.45) is 8.07. The van der Waals surface area contributed by atoms with Crippen LogP contribution in [-0.2, 0) is 7.05 Å². The van der Waals surface area contributed by atoms with Crippen LogP contribution in [0.3, 0.4) is 0 Å². The van der Waals surface area contributed by atoms with Crippen LogP contribution >= 0.6 is 15.9 Å². The first-order valence-corrected chi connectivity index (χ1v) is 6.06. The highest BCUT2D eigenvalue weighted by Gasteiger charge is 1.97. The standard InChI is InChI=1S/C14H12BrNO/c1-16-8-6-11(7-9-16)2-3-12-4-5-14(17)13(15)10-12/h2-10H,1H3/p+1. The highest BCUT2D eigenvalue weighted by atomic mass is 79.9. The van der Waals surface area contributed by atoms with Gasteiger partial charge in [0.2, 0.25) is 0 Å². The predicted octanol–water partition coefficient (Wildman–Crippen LogP) is 3.15. The van der Waals surface area contributed by atoms with E-state index in [1.807, 2.05) is 60.4 Å². The van der Waals surface area contributed by atoms with Crippen molar-refractivity contribution < 1.29 is 9.67 Å². The first kappa shape index (κ1) is 11.9. The molecular formula is C14H13BrNO+. The molecule has 0 aliphatic heterocycles. The van der Waals surface area contributed by atoms with Gasteiger partial charge in [-0.2, -0.15) is 0 Å². The first-order chi connectivity index (χ1) is 8.15. The Bertz CT molecular complexity index is 547. The summed E-state index contributed by atoms with van der Waals surface area (Å²) in [5.74, 6) is 0.258. The van der Waals surface area contributed by atoms with Crippen molar-refractivity contribution in [3.8, 4) is 5.75 Å². The van der Waals surface area contributed by atoms with Gasteiger partial charge < -0.3 is 5.11 Å². The van der Waals surface area contributed by atoms with Gasteiger partial charge in [0.1, 0.15) is 12.8 Å². The highest BCUT2D eigenvalue weighted by Crippen LogP contribution is 2.25. The van der Waals surface area contributed by atoms with Crippen LogP contribution in [0.4, 0.5) is 0 Å². The van der Waals surface area contributed by atoms with Crippen LogP contribution < -0.4 is 4.57 Å². The van der Waals surface area contributed by atoms with Crippen LogP contribution in [0.1, 0.15) is 11.1 Å². The number of halogens is 1. The van der Waals surface area contributed by atoms with E-state index in [-0.39, 0.29) is 5.75 Å². The van der Waals surface area contributed by atoms with Crippen molar-refractivity contribution in [2.24, 2.45) is 7.05 Å². The van der Waals surface area contributed by atoms with Gasteiger partial charge in [-0.1, -0.05) is 18.2 Å². The van der Waals surface area contributed by atoms with Gasteiger partial charge in [0.25, 0.3) is 0 Å². The Morgan fingerprint density at radius 1 is 1.06 bits per heavy atom. The maximum Gasteiger partial charge on any atom is 0.169 e. The minimum absolute atomic E-state index is 0.258. The molecule has 86 valence electrons. The van der Waals surface area contributed by atoms with Gasteiger partial charge in [0.15, 0.2) is 12.4 Å². The fourth-order valence-corrected chi connectivity index (χ4v) is 1.84. The Morgan fingerprint density at radius 2 is 1.71 bits per heavy atom. The van der Waals surface area contributed by atoms with Gasteiger partial charge in [-0.15, -0.1) is 0 Å². The van der Waals surface area contributed by atoms with Crippen LogP contribution in [0.2, 0.25) is 0 Å². The second kappa shape index (κ2) is 5.15. The molecule has 2 rings (SSSR count). The molecule has 17 heavy (non-hydrogen) atoms. The third kappa shape index (κ3) is 3.17. The molecule has 0 amide bonds. The number of phenolic OH excluding ortho intramolecular Hbond substituents is 1. The van der Waals surface area contributed by atoms with E-state index in [2.05, 4.69) is 15.9 Å². The van der Waals surface area contributed by atoms with E-state index in [0.29, 0.717) is 4.47 Å². The molecule has 0 unspecified atom stereocenters. The van der Waals surface area contributed by atoms with E-state index >= 15 is 0 Å². The maximum absolute atomic E-state index is 9.39. The SMILES string of the molecule is C[n+]1ccc(C=Cc2ccc(O)c(Br)c2)cc1. The Kier molecular flexibility index (Phi) is 3.59. The van der Waals surface area contributed by atoms with Crippen LogP contribution in [0.15, 0.2) is 47.2 Å². The van der Waals surface area contributed by atoms with Crippen LogP contribution in [-0.4, -0.2) is 5.11 Å². The van der Waals surface area contributed by atoms with E-state index < -0.39 is 0 Å². The summed E-state index contributed by atoms with van der Waals surface area (Å²) in [6, 6.07) is 9.53. The minimum Gasteiger partial charge on any atom is -0.507 e. The average Bonchev–Trinajstić information content (AvgIpc) is 2.33. The van der Waals surface area contributed by atoms with E-state index in [1.165, 1.54) is 0 Å². The monoisotopic (exact) mass is 290 g/mol. The van der Waals surface area contributed by atoms with Gasteiger partial charge in [0, 0.05) is 12.1 Å². The van der Waals surface area contributed by atoms with Gasteiger partial charge in [-0.25, -0.2) is 4.57 Å².